The highest BCUT2D eigenvalue weighted by atomic mass is 35.5. The van der Waals surface area contributed by atoms with Gasteiger partial charge >= 0.3 is 0 Å². The van der Waals surface area contributed by atoms with Gasteiger partial charge in [-0.3, -0.25) is 9.59 Å². The lowest BCUT2D eigenvalue weighted by Crippen LogP contribution is -2.20. The standard InChI is InChI=1S/C19H16Cl4N4O2/c20-14-4-1-5-15(21)12(14)10-24-26-18(28)8-3-9-19(29)27-25-11-13-16(22)6-2-7-17(13)23/h1-2,4-7,10-11H,3,8-9H2,(H,26,28)(H,27,29). The molecule has 0 saturated heterocycles. The average molecular weight is 474 g/mol. The Morgan fingerprint density at radius 2 is 1.07 bits per heavy atom. The van der Waals surface area contributed by atoms with Gasteiger partial charge in [0.05, 0.1) is 32.5 Å². The molecule has 0 unspecified atom stereocenters. The van der Waals surface area contributed by atoms with Crippen LogP contribution in [-0.2, 0) is 9.59 Å². The fraction of sp³-hybridized carbons (Fsp3) is 0.158. The summed E-state index contributed by atoms with van der Waals surface area (Å²) < 4.78 is 0. The molecule has 2 rings (SSSR count). The molecule has 0 radical (unpaired) electrons. The molecule has 0 aliphatic carbocycles. The second kappa shape index (κ2) is 11.8. The zero-order chi connectivity index (χ0) is 21.2. The van der Waals surface area contributed by atoms with Crippen LogP contribution in [0.15, 0.2) is 46.6 Å². The quantitative estimate of drug-likeness (QED) is 0.414. The minimum Gasteiger partial charge on any atom is -0.273 e. The third-order valence-electron chi connectivity index (χ3n) is 3.57. The van der Waals surface area contributed by atoms with Crippen molar-refractivity contribution >= 4 is 70.6 Å². The van der Waals surface area contributed by atoms with E-state index in [4.69, 9.17) is 46.4 Å². The van der Waals surface area contributed by atoms with Crippen LogP contribution in [0.4, 0.5) is 0 Å². The van der Waals surface area contributed by atoms with Crippen LogP contribution in [0.3, 0.4) is 0 Å². The van der Waals surface area contributed by atoms with Crippen molar-refractivity contribution in [3.05, 3.63) is 67.6 Å². The van der Waals surface area contributed by atoms with Crippen molar-refractivity contribution in [1.29, 1.82) is 0 Å². The number of halogens is 4. The normalized spacial score (nSPS) is 11.2. The number of benzene rings is 2. The summed E-state index contributed by atoms with van der Waals surface area (Å²) in [6.45, 7) is 0. The second-order valence-electron chi connectivity index (χ2n) is 5.71. The zero-order valence-corrected chi connectivity index (χ0v) is 18.0. The average Bonchev–Trinajstić information content (AvgIpc) is 2.66. The number of carbonyl (C=O) groups is 2. The summed E-state index contributed by atoms with van der Waals surface area (Å²) in [5, 5.41) is 9.32. The number of amides is 2. The Kier molecular flexibility index (Phi) is 9.41. The fourth-order valence-electron chi connectivity index (χ4n) is 2.13. The number of hydrazone groups is 2. The number of hydrogen-bond donors (Lipinski definition) is 2. The Hall–Kier alpha value is -2.12. The van der Waals surface area contributed by atoms with Crippen molar-refractivity contribution in [3.63, 3.8) is 0 Å². The van der Waals surface area contributed by atoms with Crippen LogP contribution >= 0.6 is 46.4 Å². The molecule has 0 aliphatic heterocycles. The van der Waals surface area contributed by atoms with E-state index in [2.05, 4.69) is 21.1 Å². The van der Waals surface area contributed by atoms with Gasteiger partial charge in [-0.1, -0.05) is 58.5 Å². The summed E-state index contributed by atoms with van der Waals surface area (Å²) in [5.74, 6) is -0.688. The van der Waals surface area contributed by atoms with Crippen LogP contribution in [0, 0.1) is 0 Å². The predicted octanol–water partition coefficient (Wildman–Crippen LogP) is 5.07. The Morgan fingerprint density at radius 3 is 1.41 bits per heavy atom. The molecule has 6 nitrogen and oxygen atoms in total. The lowest BCUT2D eigenvalue weighted by atomic mass is 10.2. The molecule has 0 heterocycles. The molecule has 0 fully saturated rings. The molecule has 0 aliphatic rings. The third-order valence-corrected chi connectivity index (χ3v) is 4.89. The van der Waals surface area contributed by atoms with E-state index in [1.54, 1.807) is 36.4 Å². The van der Waals surface area contributed by atoms with Crippen LogP contribution in [0.1, 0.15) is 30.4 Å². The minimum atomic E-state index is -0.344. The van der Waals surface area contributed by atoms with Gasteiger partial charge < -0.3 is 0 Å². The van der Waals surface area contributed by atoms with Crippen LogP contribution in [0.2, 0.25) is 20.1 Å². The first-order valence-electron chi connectivity index (χ1n) is 8.40. The molecule has 2 N–H and O–H groups in total. The first kappa shape index (κ1) is 23.2. The minimum absolute atomic E-state index is 0.112. The molecule has 10 heteroatoms. The predicted molar refractivity (Wildman–Crippen MR) is 118 cm³/mol. The van der Waals surface area contributed by atoms with Gasteiger partial charge in [0.1, 0.15) is 0 Å². The highest BCUT2D eigenvalue weighted by Crippen LogP contribution is 2.22. The molecule has 2 aromatic carbocycles. The Labute approximate surface area is 187 Å². The summed E-state index contributed by atoms with van der Waals surface area (Å²) in [5.41, 5.74) is 5.73. The monoisotopic (exact) mass is 472 g/mol. The first-order valence-corrected chi connectivity index (χ1v) is 9.91. The molecule has 29 heavy (non-hydrogen) atoms. The summed E-state index contributed by atoms with van der Waals surface area (Å²) >= 11 is 24.0. The van der Waals surface area contributed by atoms with Gasteiger partial charge in [-0.25, -0.2) is 10.9 Å². The van der Waals surface area contributed by atoms with Crippen molar-refractivity contribution in [2.45, 2.75) is 19.3 Å². The van der Waals surface area contributed by atoms with Crippen molar-refractivity contribution in [3.8, 4) is 0 Å². The van der Waals surface area contributed by atoms with Crippen molar-refractivity contribution in [1.82, 2.24) is 10.9 Å². The Bertz CT molecular complexity index is 832. The van der Waals surface area contributed by atoms with Crippen molar-refractivity contribution in [2.75, 3.05) is 0 Å². The summed E-state index contributed by atoms with van der Waals surface area (Å²) in [6, 6.07) is 10.1. The fourth-order valence-corrected chi connectivity index (χ4v) is 3.12. The maximum absolute atomic E-state index is 11.8. The molecule has 0 aromatic heterocycles. The smallest absolute Gasteiger partial charge is 0.240 e. The van der Waals surface area contributed by atoms with Crippen LogP contribution in [0.5, 0.6) is 0 Å². The van der Waals surface area contributed by atoms with Gasteiger partial charge in [0.2, 0.25) is 11.8 Å². The van der Waals surface area contributed by atoms with Crippen molar-refractivity contribution < 1.29 is 9.59 Å². The van der Waals surface area contributed by atoms with Gasteiger partial charge in [-0.05, 0) is 30.7 Å². The highest BCUT2D eigenvalue weighted by molar-refractivity contribution is 6.39. The highest BCUT2D eigenvalue weighted by Gasteiger charge is 2.06. The molecule has 2 aromatic rings. The van der Waals surface area contributed by atoms with Crippen LogP contribution in [-0.4, -0.2) is 24.2 Å². The second-order valence-corrected chi connectivity index (χ2v) is 7.34. The van der Waals surface area contributed by atoms with Crippen LogP contribution < -0.4 is 10.9 Å². The molecule has 0 bridgehead atoms. The maximum atomic E-state index is 11.8. The number of carbonyl (C=O) groups excluding carboxylic acids is 2. The maximum Gasteiger partial charge on any atom is 0.240 e. The van der Waals surface area contributed by atoms with E-state index in [0.717, 1.165) is 0 Å². The number of hydrogen-bond acceptors (Lipinski definition) is 4. The summed E-state index contributed by atoms with van der Waals surface area (Å²) in [4.78, 5) is 23.6. The lowest BCUT2D eigenvalue weighted by Gasteiger charge is -2.03. The molecule has 2 amide bonds. The SMILES string of the molecule is O=C(CCCC(=O)NN=Cc1c(Cl)cccc1Cl)NN=Cc1c(Cl)cccc1Cl. The number of rotatable bonds is 8. The molecular weight excluding hydrogens is 458 g/mol. The molecular formula is C19H16Cl4N4O2. The third kappa shape index (κ3) is 7.66. The van der Waals surface area contributed by atoms with Gasteiger partial charge in [-0.15, -0.1) is 0 Å². The van der Waals surface area contributed by atoms with E-state index in [9.17, 15) is 9.59 Å². The summed E-state index contributed by atoms with van der Waals surface area (Å²) in [7, 11) is 0. The van der Waals surface area contributed by atoms with E-state index >= 15 is 0 Å². The van der Waals surface area contributed by atoms with Crippen LogP contribution in [0.25, 0.3) is 0 Å². The van der Waals surface area contributed by atoms with E-state index in [-0.39, 0.29) is 24.7 Å². The topological polar surface area (TPSA) is 82.9 Å². The number of nitrogens with one attached hydrogen (secondary N) is 2. The van der Waals surface area contributed by atoms with E-state index in [0.29, 0.717) is 37.6 Å². The Morgan fingerprint density at radius 1 is 0.724 bits per heavy atom. The molecule has 0 spiro atoms. The lowest BCUT2D eigenvalue weighted by molar-refractivity contribution is -0.122. The van der Waals surface area contributed by atoms with Gasteiger partial charge in [0.25, 0.3) is 0 Å². The van der Waals surface area contributed by atoms with Crippen molar-refractivity contribution in [2.24, 2.45) is 10.2 Å². The van der Waals surface area contributed by atoms with E-state index < -0.39 is 0 Å². The Balaban J connectivity index is 1.71. The molecule has 152 valence electrons. The van der Waals surface area contributed by atoms with E-state index in [1.807, 2.05) is 0 Å². The van der Waals surface area contributed by atoms with Gasteiger partial charge in [0, 0.05) is 24.0 Å². The van der Waals surface area contributed by atoms with Gasteiger partial charge in [0.15, 0.2) is 0 Å². The first-order chi connectivity index (χ1) is 13.9. The number of nitrogens with zero attached hydrogens (tertiary/aromatic N) is 2. The summed E-state index contributed by atoms with van der Waals surface area (Å²) in [6.07, 6.45) is 3.28. The van der Waals surface area contributed by atoms with Gasteiger partial charge in [-0.2, -0.15) is 10.2 Å². The van der Waals surface area contributed by atoms with E-state index in [1.165, 1.54) is 12.4 Å². The zero-order valence-electron chi connectivity index (χ0n) is 15.0. The molecule has 0 saturated carbocycles. The largest absolute Gasteiger partial charge is 0.273 e. The molecule has 0 atom stereocenters.